The van der Waals surface area contributed by atoms with Crippen molar-refractivity contribution in [3.8, 4) is 11.5 Å². The van der Waals surface area contributed by atoms with Crippen molar-refractivity contribution in [2.45, 2.75) is 31.6 Å². The zero-order chi connectivity index (χ0) is 21.4. The molecule has 0 bridgehead atoms. The molecular weight excluding hydrogens is 425 g/mol. The summed E-state index contributed by atoms with van der Waals surface area (Å²) in [5.41, 5.74) is 2.86. The van der Waals surface area contributed by atoms with E-state index in [0.29, 0.717) is 52.1 Å². The number of anilines is 1. The van der Waals surface area contributed by atoms with Crippen molar-refractivity contribution in [3.63, 3.8) is 0 Å². The molecule has 2 aromatic carbocycles. The second-order valence-corrected chi connectivity index (χ2v) is 8.24. The molecule has 0 saturated heterocycles. The van der Waals surface area contributed by atoms with Crippen LogP contribution in [0.15, 0.2) is 47.7 Å². The molecule has 30 heavy (non-hydrogen) atoms. The Bertz CT molecular complexity index is 1040. The summed E-state index contributed by atoms with van der Waals surface area (Å²) in [5.74, 6) is 0.814. The van der Waals surface area contributed by atoms with E-state index in [4.69, 9.17) is 32.7 Å². The third kappa shape index (κ3) is 3.68. The van der Waals surface area contributed by atoms with Crippen molar-refractivity contribution in [1.82, 2.24) is 0 Å². The van der Waals surface area contributed by atoms with Crippen molar-refractivity contribution >= 4 is 40.6 Å². The maximum absolute atomic E-state index is 13.3. The molecule has 2 aliphatic rings. The van der Waals surface area contributed by atoms with Crippen molar-refractivity contribution in [1.29, 1.82) is 0 Å². The molecule has 0 radical (unpaired) electrons. The van der Waals surface area contributed by atoms with Gasteiger partial charge in [-0.1, -0.05) is 29.3 Å². The Labute approximate surface area is 185 Å². The lowest BCUT2D eigenvalue weighted by Crippen LogP contribution is -2.40. The normalized spacial score (nSPS) is 19.1. The standard InChI is InChI=1S/C23H21Cl2NO4/c1-29-20-7-6-13(8-21(20)30-2)17-12-22(28)26(16-10-14(24)9-15(25)11-16)18-4-3-5-19(27)23(17)18/h6-11,17H,3-5,12H2,1-2H3. The maximum atomic E-state index is 13.3. The van der Waals surface area contributed by atoms with Gasteiger partial charge < -0.3 is 9.47 Å². The van der Waals surface area contributed by atoms with Gasteiger partial charge in [-0.3, -0.25) is 14.5 Å². The molecule has 1 heterocycles. The number of rotatable bonds is 4. The maximum Gasteiger partial charge on any atom is 0.232 e. The lowest BCUT2D eigenvalue weighted by Gasteiger charge is -2.38. The van der Waals surface area contributed by atoms with Gasteiger partial charge in [0.05, 0.1) is 19.9 Å². The van der Waals surface area contributed by atoms with E-state index in [-0.39, 0.29) is 24.0 Å². The van der Waals surface area contributed by atoms with Gasteiger partial charge in [0.1, 0.15) is 0 Å². The van der Waals surface area contributed by atoms with Gasteiger partial charge in [-0.25, -0.2) is 0 Å². The lowest BCUT2D eigenvalue weighted by atomic mass is 9.77. The molecule has 1 aliphatic carbocycles. The number of halogens is 2. The Hall–Kier alpha value is -2.50. The first-order chi connectivity index (χ1) is 14.4. The van der Waals surface area contributed by atoms with Gasteiger partial charge in [0.2, 0.25) is 5.91 Å². The van der Waals surface area contributed by atoms with E-state index in [1.165, 1.54) is 0 Å². The van der Waals surface area contributed by atoms with Crippen molar-refractivity contribution < 1.29 is 19.1 Å². The minimum Gasteiger partial charge on any atom is -0.493 e. The summed E-state index contributed by atoms with van der Waals surface area (Å²) in [7, 11) is 3.13. The van der Waals surface area contributed by atoms with Gasteiger partial charge in [-0.15, -0.1) is 0 Å². The van der Waals surface area contributed by atoms with E-state index in [1.54, 1.807) is 43.4 Å². The predicted molar refractivity (Wildman–Crippen MR) is 117 cm³/mol. The summed E-state index contributed by atoms with van der Waals surface area (Å²) in [6.07, 6.45) is 1.99. The molecule has 0 aromatic heterocycles. The number of ketones is 1. The number of methoxy groups -OCH3 is 2. The van der Waals surface area contributed by atoms with E-state index in [2.05, 4.69) is 0 Å². The molecule has 1 amide bonds. The third-order valence-electron chi connectivity index (χ3n) is 5.59. The summed E-state index contributed by atoms with van der Waals surface area (Å²) in [4.78, 5) is 27.9. The van der Waals surface area contributed by atoms with Crippen LogP contribution < -0.4 is 14.4 Å². The number of ether oxygens (including phenoxy) is 2. The largest absolute Gasteiger partial charge is 0.493 e. The summed E-state index contributed by atoms with van der Waals surface area (Å²) >= 11 is 12.4. The van der Waals surface area contributed by atoms with Crippen LogP contribution in [0.2, 0.25) is 10.0 Å². The zero-order valence-corrected chi connectivity index (χ0v) is 18.2. The van der Waals surface area contributed by atoms with Crippen LogP contribution in [0.1, 0.15) is 37.2 Å². The first kappa shape index (κ1) is 20.8. The van der Waals surface area contributed by atoms with E-state index in [9.17, 15) is 9.59 Å². The van der Waals surface area contributed by atoms with Crippen LogP contribution in [0.4, 0.5) is 5.69 Å². The number of carbonyl (C=O) groups excluding carboxylic acids is 2. The SMILES string of the molecule is COc1ccc(C2CC(=O)N(c3cc(Cl)cc(Cl)c3)C3=C2C(=O)CCC3)cc1OC. The molecule has 1 aliphatic heterocycles. The molecule has 7 heteroatoms. The van der Waals surface area contributed by atoms with Crippen LogP contribution in [0.5, 0.6) is 11.5 Å². The number of Topliss-reactive ketones (excluding diaryl/α,β-unsaturated/α-hetero) is 1. The molecule has 1 unspecified atom stereocenters. The van der Waals surface area contributed by atoms with Crippen LogP contribution in [-0.2, 0) is 9.59 Å². The van der Waals surface area contributed by atoms with Crippen LogP contribution >= 0.6 is 23.2 Å². The summed E-state index contributed by atoms with van der Waals surface area (Å²) in [6.45, 7) is 0. The molecule has 0 N–H and O–H groups in total. The smallest absolute Gasteiger partial charge is 0.232 e. The molecule has 1 atom stereocenters. The number of amides is 1. The number of carbonyl (C=O) groups is 2. The minimum absolute atomic E-state index is 0.0710. The summed E-state index contributed by atoms with van der Waals surface area (Å²) < 4.78 is 10.7. The predicted octanol–water partition coefficient (Wildman–Crippen LogP) is 5.54. The van der Waals surface area contributed by atoms with E-state index >= 15 is 0 Å². The fourth-order valence-corrected chi connectivity index (χ4v) is 4.83. The average Bonchev–Trinajstić information content (AvgIpc) is 2.72. The fourth-order valence-electron chi connectivity index (χ4n) is 4.32. The van der Waals surface area contributed by atoms with Crippen molar-refractivity contribution in [3.05, 3.63) is 63.3 Å². The number of allylic oxidation sites excluding steroid dienone is 2. The topological polar surface area (TPSA) is 55.8 Å². The van der Waals surface area contributed by atoms with Crippen LogP contribution in [0.25, 0.3) is 0 Å². The first-order valence-corrected chi connectivity index (χ1v) is 10.5. The van der Waals surface area contributed by atoms with Gasteiger partial charge in [0.25, 0.3) is 0 Å². The number of hydrogen-bond donors (Lipinski definition) is 0. The van der Waals surface area contributed by atoms with E-state index in [1.807, 2.05) is 12.1 Å². The molecule has 0 fully saturated rings. The van der Waals surface area contributed by atoms with Crippen LogP contribution in [0.3, 0.4) is 0 Å². The van der Waals surface area contributed by atoms with E-state index in [0.717, 1.165) is 11.3 Å². The first-order valence-electron chi connectivity index (χ1n) is 9.70. The van der Waals surface area contributed by atoms with Crippen LogP contribution in [-0.4, -0.2) is 25.9 Å². The quantitative estimate of drug-likeness (QED) is 0.619. The average molecular weight is 446 g/mol. The molecule has 4 rings (SSSR count). The number of nitrogens with zero attached hydrogens (tertiary/aromatic N) is 1. The van der Waals surface area contributed by atoms with Gasteiger partial charge >= 0.3 is 0 Å². The molecule has 0 saturated carbocycles. The second-order valence-electron chi connectivity index (χ2n) is 7.37. The molecule has 156 valence electrons. The number of benzene rings is 2. The highest BCUT2D eigenvalue weighted by Gasteiger charge is 2.40. The molecule has 0 spiro atoms. The molecular formula is C23H21Cl2NO4. The summed E-state index contributed by atoms with van der Waals surface area (Å²) in [5, 5.41) is 0.883. The van der Waals surface area contributed by atoms with Crippen LogP contribution in [0, 0.1) is 0 Å². The summed E-state index contributed by atoms with van der Waals surface area (Å²) in [6, 6.07) is 10.6. The number of hydrogen-bond acceptors (Lipinski definition) is 4. The Morgan fingerprint density at radius 3 is 2.30 bits per heavy atom. The lowest BCUT2D eigenvalue weighted by molar-refractivity contribution is -0.119. The Morgan fingerprint density at radius 2 is 1.63 bits per heavy atom. The Kier molecular flexibility index (Phi) is 5.76. The van der Waals surface area contributed by atoms with Gasteiger partial charge in [0, 0.05) is 40.1 Å². The van der Waals surface area contributed by atoms with Gasteiger partial charge in [-0.05, 0) is 48.7 Å². The second kappa shape index (κ2) is 8.32. The monoisotopic (exact) mass is 445 g/mol. The fraction of sp³-hybridized carbons (Fsp3) is 0.304. The van der Waals surface area contributed by atoms with E-state index < -0.39 is 0 Å². The van der Waals surface area contributed by atoms with Crippen molar-refractivity contribution in [2.75, 3.05) is 19.1 Å². The highest BCUT2D eigenvalue weighted by molar-refractivity contribution is 6.35. The van der Waals surface area contributed by atoms with Gasteiger partial charge in [0.15, 0.2) is 17.3 Å². The third-order valence-corrected chi connectivity index (χ3v) is 6.03. The minimum atomic E-state index is -0.328. The molecule has 2 aromatic rings. The Morgan fingerprint density at radius 1 is 0.933 bits per heavy atom. The molecule has 5 nitrogen and oxygen atoms in total. The Balaban J connectivity index is 1.85. The highest BCUT2D eigenvalue weighted by Crippen LogP contribution is 2.45. The van der Waals surface area contributed by atoms with Gasteiger partial charge in [-0.2, -0.15) is 0 Å². The van der Waals surface area contributed by atoms with Crippen molar-refractivity contribution in [2.24, 2.45) is 0 Å². The zero-order valence-electron chi connectivity index (χ0n) is 16.7. The highest BCUT2D eigenvalue weighted by atomic mass is 35.5.